The van der Waals surface area contributed by atoms with Crippen molar-refractivity contribution in [3.63, 3.8) is 0 Å². The molecule has 2 aromatic carbocycles. The molecule has 0 fully saturated rings. The van der Waals surface area contributed by atoms with Crippen LogP contribution in [0.15, 0.2) is 36.4 Å². The zero-order chi connectivity index (χ0) is 20.4. The molecule has 6 nitrogen and oxygen atoms in total. The highest BCUT2D eigenvalue weighted by Gasteiger charge is 2.18. The van der Waals surface area contributed by atoms with Gasteiger partial charge in [0.15, 0.2) is 23.9 Å². The highest BCUT2D eigenvalue weighted by molar-refractivity contribution is 6.01. The molecule has 150 valence electrons. The number of hydrogen-bond acceptors (Lipinski definition) is 5. The summed E-state index contributed by atoms with van der Waals surface area (Å²) in [6.07, 6.45) is 4.41. The minimum absolute atomic E-state index is 0.306. The van der Waals surface area contributed by atoms with Crippen LogP contribution in [0.25, 0.3) is 10.9 Å². The Bertz CT molecular complexity index is 1080. The molecule has 0 unspecified atom stereocenters. The van der Waals surface area contributed by atoms with Gasteiger partial charge < -0.3 is 19.2 Å². The van der Waals surface area contributed by atoms with Crippen LogP contribution in [0.5, 0.6) is 11.5 Å². The Balaban J connectivity index is 1.47. The van der Waals surface area contributed by atoms with Crippen LogP contribution >= 0.6 is 0 Å². The van der Waals surface area contributed by atoms with Crippen molar-refractivity contribution in [3.05, 3.63) is 58.8 Å². The first kappa shape index (κ1) is 19.1. The molecule has 0 aliphatic heterocycles. The van der Waals surface area contributed by atoms with Gasteiger partial charge in [0, 0.05) is 22.2 Å². The van der Waals surface area contributed by atoms with Crippen LogP contribution in [-0.2, 0) is 17.6 Å². The third-order valence-electron chi connectivity index (χ3n) is 5.37. The molecule has 4 rings (SSSR count). The van der Waals surface area contributed by atoms with Gasteiger partial charge in [-0.2, -0.15) is 0 Å². The van der Waals surface area contributed by atoms with E-state index in [4.69, 9.17) is 14.2 Å². The van der Waals surface area contributed by atoms with Crippen molar-refractivity contribution in [1.82, 2.24) is 4.98 Å². The molecule has 1 N–H and O–H groups in total. The van der Waals surface area contributed by atoms with Crippen LogP contribution in [-0.4, -0.2) is 37.6 Å². The van der Waals surface area contributed by atoms with Gasteiger partial charge in [-0.3, -0.25) is 4.79 Å². The average molecular weight is 393 g/mol. The van der Waals surface area contributed by atoms with Crippen LogP contribution in [0.1, 0.15) is 44.8 Å². The van der Waals surface area contributed by atoms with E-state index in [2.05, 4.69) is 4.98 Å². The summed E-state index contributed by atoms with van der Waals surface area (Å²) in [5, 5.41) is 1.07. The molecular weight excluding hydrogens is 370 g/mol. The first-order valence-electron chi connectivity index (χ1n) is 9.66. The van der Waals surface area contributed by atoms with Crippen molar-refractivity contribution >= 4 is 22.7 Å². The van der Waals surface area contributed by atoms with Gasteiger partial charge in [0.1, 0.15) is 0 Å². The highest BCUT2D eigenvalue weighted by atomic mass is 16.5. The van der Waals surface area contributed by atoms with E-state index in [1.165, 1.54) is 31.9 Å². The number of aryl methyl sites for hydroxylation is 2. The van der Waals surface area contributed by atoms with E-state index >= 15 is 0 Å². The molecule has 1 aliphatic carbocycles. The van der Waals surface area contributed by atoms with Crippen molar-refractivity contribution in [2.45, 2.75) is 25.7 Å². The number of rotatable bonds is 6. The molecule has 0 saturated heterocycles. The minimum Gasteiger partial charge on any atom is -0.493 e. The quantitative estimate of drug-likeness (QED) is 0.504. The van der Waals surface area contributed by atoms with E-state index in [0.29, 0.717) is 22.6 Å². The van der Waals surface area contributed by atoms with E-state index in [1.807, 2.05) is 12.1 Å². The maximum atomic E-state index is 12.5. The lowest BCUT2D eigenvalue weighted by atomic mass is 9.95. The number of H-pyrrole nitrogens is 1. The number of Topliss-reactive ketones (excluding diaryl/α,β-unsaturated/α-hetero) is 1. The monoisotopic (exact) mass is 393 g/mol. The summed E-state index contributed by atoms with van der Waals surface area (Å²) in [5.41, 5.74) is 4.44. The first-order chi connectivity index (χ1) is 14.1. The Hall–Kier alpha value is -3.28. The van der Waals surface area contributed by atoms with Gasteiger partial charge in [-0.05, 0) is 67.6 Å². The summed E-state index contributed by atoms with van der Waals surface area (Å²) < 4.78 is 15.7. The number of fused-ring (bicyclic) bond motifs is 3. The molecule has 1 aromatic heterocycles. The fourth-order valence-corrected chi connectivity index (χ4v) is 3.84. The zero-order valence-electron chi connectivity index (χ0n) is 16.5. The average Bonchev–Trinajstić information content (AvgIpc) is 3.14. The normalized spacial score (nSPS) is 13.0. The molecule has 0 saturated carbocycles. The topological polar surface area (TPSA) is 77.6 Å². The van der Waals surface area contributed by atoms with Crippen molar-refractivity contribution < 1.29 is 23.8 Å². The SMILES string of the molecule is COc1ccc(C(=O)COC(=O)c2ccc3[nH]c4c(c3c2)CCCC4)cc1OC. The molecular formula is C23H23NO5. The van der Waals surface area contributed by atoms with Crippen LogP contribution in [0.3, 0.4) is 0 Å². The molecule has 0 atom stereocenters. The molecule has 29 heavy (non-hydrogen) atoms. The number of nitrogens with one attached hydrogen (secondary N) is 1. The molecule has 6 heteroatoms. The van der Waals surface area contributed by atoms with E-state index in [1.54, 1.807) is 24.3 Å². The van der Waals surface area contributed by atoms with Gasteiger partial charge in [-0.25, -0.2) is 4.79 Å². The van der Waals surface area contributed by atoms with Crippen LogP contribution in [0, 0.1) is 0 Å². The Morgan fingerprint density at radius 3 is 2.48 bits per heavy atom. The van der Waals surface area contributed by atoms with Crippen molar-refractivity contribution in [2.75, 3.05) is 20.8 Å². The van der Waals surface area contributed by atoms with E-state index in [9.17, 15) is 9.59 Å². The smallest absolute Gasteiger partial charge is 0.338 e. The molecule has 0 radical (unpaired) electrons. The predicted molar refractivity (Wildman–Crippen MR) is 109 cm³/mol. The summed E-state index contributed by atoms with van der Waals surface area (Å²) in [4.78, 5) is 28.4. The number of hydrogen-bond donors (Lipinski definition) is 1. The second-order valence-corrected chi connectivity index (χ2v) is 7.12. The van der Waals surface area contributed by atoms with Crippen LogP contribution in [0.4, 0.5) is 0 Å². The summed E-state index contributed by atoms with van der Waals surface area (Å²) in [6.45, 7) is -0.336. The van der Waals surface area contributed by atoms with Gasteiger partial charge >= 0.3 is 5.97 Å². The summed E-state index contributed by atoms with van der Waals surface area (Å²) in [6, 6.07) is 10.3. The van der Waals surface area contributed by atoms with Gasteiger partial charge in [-0.1, -0.05) is 0 Å². The number of ether oxygens (including phenoxy) is 3. The Labute approximate surface area is 168 Å². The Kier molecular flexibility index (Phi) is 5.25. The molecule has 1 heterocycles. The number of carbonyl (C=O) groups excluding carboxylic acids is 2. The lowest BCUT2D eigenvalue weighted by molar-refractivity contribution is 0.0475. The Morgan fingerprint density at radius 1 is 0.931 bits per heavy atom. The standard InChI is InChI=1S/C23H23NO5/c1-27-21-10-8-14(12-22(21)28-2)20(25)13-29-23(26)15-7-9-19-17(11-15)16-5-3-4-6-18(16)24-19/h7-12,24H,3-6,13H2,1-2H3. The van der Waals surface area contributed by atoms with Gasteiger partial charge in [0.2, 0.25) is 0 Å². The number of carbonyl (C=O) groups is 2. The maximum absolute atomic E-state index is 12.5. The second-order valence-electron chi connectivity index (χ2n) is 7.12. The first-order valence-corrected chi connectivity index (χ1v) is 9.66. The van der Waals surface area contributed by atoms with Crippen molar-refractivity contribution in [1.29, 1.82) is 0 Å². The number of aromatic amines is 1. The molecule has 0 spiro atoms. The summed E-state index contributed by atoms with van der Waals surface area (Å²) >= 11 is 0. The number of ketones is 1. The third kappa shape index (κ3) is 3.70. The highest BCUT2D eigenvalue weighted by Crippen LogP contribution is 2.30. The van der Waals surface area contributed by atoms with Crippen molar-refractivity contribution in [3.8, 4) is 11.5 Å². The molecule has 3 aromatic rings. The number of esters is 1. The van der Waals surface area contributed by atoms with Gasteiger partial charge in [-0.15, -0.1) is 0 Å². The number of aromatic nitrogens is 1. The number of methoxy groups -OCH3 is 2. The zero-order valence-corrected chi connectivity index (χ0v) is 16.5. The minimum atomic E-state index is -0.508. The Morgan fingerprint density at radius 2 is 1.69 bits per heavy atom. The van der Waals surface area contributed by atoms with E-state index < -0.39 is 5.97 Å². The molecule has 0 bridgehead atoms. The van der Waals surface area contributed by atoms with Gasteiger partial charge in [0.25, 0.3) is 0 Å². The summed E-state index contributed by atoms with van der Waals surface area (Å²) in [5.74, 6) is 0.169. The third-order valence-corrected chi connectivity index (χ3v) is 5.37. The van der Waals surface area contributed by atoms with E-state index in [0.717, 1.165) is 30.2 Å². The fourth-order valence-electron chi connectivity index (χ4n) is 3.84. The fraction of sp³-hybridized carbons (Fsp3) is 0.304. The van der Waals surface area contributed by atoms with E-state index in [-0.39, 0.29) is 12.4 Å². The lowest BCUT2D eigenvalue weighted by Gasteiger charge is -2.11. The largest absolute Gasteiger partial charge is 0.493 e. The lowest BCUT2D eigenvalue weighted by Crippen LogP contribution is -2.14. The van der Waals surface area contributed by atoms with Crippen LogP contribution < -0.4 is 9.47 Å². The summed E-state index contributed by atoms with van der Waals surface area (Å²) in [7, 11) is 3.03. The molecule has 0 amide bonds. The predicted octanol–water partition coefficient (Wildman–Crippen LogP) is 4.10. The second kappa shape index (κ2) is 7.99. The van der Waals surface area contributed by atoms with Crippen LogP contribution in [0.2, 0.25) is 0 Å². The van der Waals surface area contributed by atoms with Crippen molar-refractivity contribution in [2.24, 2.45) is 0 Å². The maximum Gasteiger partial charge on any atom is 0.338 e. The molecule has 1 aliphatic rings. The number of benzene rings is 2. The van der Waals surface area contributed by atoms with Gasteiger partial charge in [0.05, 0.1) is 19.8 Å².